The number of hydrogen-bond donors (Lipinski definition) is 1. The molecule has 1 N–H and O–H groups in total. The Hall–Kier alpha value is -1.84. The van der Waals surface area contributed by atoms with Crippen molar-refractivity contribution in [2.45, 2.75) is 19.8 Å². The lowest BCUT2D eigenvalue weighted by atomic mass is 10.2. The Morgan fingerprint density at radius 2 is 2.00 bits per heavy atom. The van der Waals surface area contributed by atoms with Crippen molar-refractivity contribution in [3.05, 3.63) is 30.3 Å². The third kappa shape index (κ3) is 4.59. The molecule has 0 aliphatic heterocycles. The van der Waals surface area contributed by atoms with Crippen molar-refractivity contribution in [1.29, 1.82) is 0 Å². The average Bonchev–Trinajstić information content (AvgIpc) is 2.34. The highest BCUT2D eigenvalue weighted by atomic mass is 16.5. The average molecular weight is 220 g/mol. The Labute approximate surface area is 95.3 Å². The fourth-order valence-electron chi connectivity index (χ4n) is 1.11. The minimum atomic E-state index is -0.214. The summed E-state index contributed by atoms with van der Waals surface area (Å²) in [4.78, 5) is 10.9. The van der Waals surface area contributed by atoms with E-state index in [1.165, 1.54) is 7.11 Å². The first-order chi connectivity index (χ1) is 7.72. The predicted molar refractivity (Wildman–Crippen MR) is 64.4 cm³/mol. The molecule has 16 heavy (non-hydrogen) atoms. The summed E-state index contributed by atoms with van der Waals surface area (Å²) >= 11 is 0. The quantitative estimate of drug-likeness (QED) is 0.471. The minimum absolute atomic E-state index is 0.214. The van der Waals surface area contributed by atoms with Crippen LogP contribution in [0, 0.1) is 0 Å². The van der Waals surface area contributed by atoms with Gasteiger partial charge in [0.15, 0.2) is 0 Å². The number of hydrogen-bond acceptors (Lipinski definition) is 4. The number of carbonyl (C=O) groups is 1. The molecular weight excluding hydrogens is 204 g/mol. The molecule has 0 bridgehead atoms. The molecule has 0 unspecified atom stereocenters. The molecule has 0 atom stereocenters. The largest absolute Gasteiger partial charge is 0.469 e. The number of para-hydroxylation sites is 1. The van der Waals surface area contributed by atoms with Crippen LogP contribution in [0.2, 0.25) is 0 Å². The van der Waals surface area contributed by atoms with E-state index < -0.39 is 0 Å². The summed E-state index contributed by atoms with van der Waals surface area (Å²) in [5.41, 5.74) is 4.72. The van der Waals surface area contributed by atoms with Gasteiger partial charge in [0.2, 0.25) is 0 Å². The second-order valence-electron chi connectivity index (χ2n) is 3.40. The molecular formula is C12H16N2O2. The molecule has 0 amide bonds. The fourth-order valence-corrected chi connectivity index (χ4v) is 1.11. The van der Waals surface area contributed by atoms with E-state index in [1.807, 2.05) is 37.3 Å². The number of ether oxygens (including phenoxy) is 1. The maximum absolute atomic E-state index is 10.9. The van der Waals surface area contributed by atoms with Crippen molar-refractivity contribution in [3.63, 3.8) is 0 Å². The Bertz CT molecular complexity index is 361. The zero-order valence-corrected chi connectivity index (χ0v) is 9.56. The van der Waals surface area contributed by atoms with Crippen LogP contribution < -0.4 is 5.43 Å². The van der Waals surface area contributed by atoms with E-state index in [0.29, 0.717) is 12.8 Å². The summed E-state index contributed by atoms with van der Waals surface area (Å²) in [5.74, 6) is -0.214. The van der Waals surface area contributed by atoms with Crippen molar-refractivity contribution in [2.24, 2.45) is 5.10 Å². The molecule has 0 aliphatic rings. The van der Waals surface area contributed by atoms with E-state index in [2.05, 4.69) is 15.3 Å². The summed E-state index contributed by atoms with van der Waals surface area (Å²) in [5, 5.41) is 4.16. The van der Waals surface area contributed by atoms with E-state index >= 15 is 0 Å². The first-order valence-corrected chi connectivity index (χ1v) is 5.13. The van der Waals surface area contributed by atoms with Gasteiger partial charge in [0.1, 0.15) is 0 Å². The fraction of sp³-hybridized carbons (Fsp3) is 0.333. The van der Waals surface area contributed by atoms with Crippen molar-refractivity contribution < 1.29 is 9.53 Å². The lowest BCUT2D eigenvalue weighted by Crippen LogP contribution is -2.04. The second kappa shape index (κ2) is 6.61. The first kappa shape index (κ1) is 12.2. The molecule has 0 aliphatic carbocycles. The van der Waals surface area contributed by atoms with Crippen LogP contribution in [0.3, 0.4) is 0 Å². The van der Waals surface area contributed by atoms with Crippen LogP contribution in [0.1, 0.15) is 19.8 Å². The third-order valence-electron chi connectivity index (χ3n) is 2.07. The van der Waals surface area contributed by atoms with Gasteiger partial charge >= 0.3 is 5.97 Å². The van der Waals surface area contributed by atoms with E-state index in [9.17, 15) is 4.79 Å². The van der Waals surface area contributed by atoms with Gasteiger partial charge in [-0.15, -0.1) is 0 Å². The summed E-state index contributed by atoms with van der Waals surface area (Å²) in [6.07, 6.45) is 0.967. The molecule has 1 rings (SSSR count). The lowest BCUT2D eigenvalue weighted by Gasteiger charge is -2.02. The third-order valence-corrected chi connectivity index (χ3v) is 2.07. The molecule has 0 fully saturated rings. The van der Waals surface area contributed by atoms with Crippen molar-refractivity contribution >= 4 is 17.4 Å². The standard InChI is InChI=1S/C12H16N2O2/c1-10(8-9-12(15)16-2)13-14-11-6-4-3-5-7-11/h3-7,14H,8-9H2,1-2H3. The maximum Gasteiger partial charge on any atom is 0.305 e. The van der Waals surface area contributed by atoms with Gasteiger partial charge in [-0.05, 0) is 25.5 Å². The van der Waals surface area contributed by atoms with Crippen molar-refractivity contribution in [1.82, 2.24) is 0 Å². The Kier molecular flexibility index (Phi) is 5.05. The monoisotopic (exact) mass is 220 g/mol. The van der Waals surface area contributed by atoms with Crippen molar-refractivity contribution in [2.75, 3.05) is 12.5 Å². The van der Waals surface area contributed by atoms with Crippen LogP contribution in [0.5, 0.6) is 0 Å². The molecule has 0 aromatic heterocycles. The number of benzene rings is 1. The minimum Gasteiger partial charge on any atom is -0.469 e. The number of anilines is 1. The lowest BCUT2D eigenvalue weighted by molar-refractivity contribution is -0.140. The second-order valence-corrected chi connectivity index (χ2v) is 3.40. The van der Waals surface area contributed by atoms with E-state index in [4.69, 9.17) is 0 Å². The van der Waals surface area contributed by atoms with Crippen LogP contribution in [0.15, 0.2) is 35.4 Å². The molecule has 1 aromatic rings. The van der Waals surface area contributed by atoms with Crippen LogP contribution in [0.4, 0.5) is 5.69 Å². The highest BCUT2D eigenvalue weighted by Crippen LogP contribution is 2.05. The molecule has 0 radical (unpaired) electrons. The number of methoxy groups -OCH3 is 1. The summed E-state index contributed by atoms with van der Waals surface area (Å²) in [6.45, 7) is 1.87. The van der Waals surface area contributed by atoms with Gasteiger partial charge in [-0.2, -0.15) is 5.10 Å². The van der Waals surface area contributed by atoms with Gasteiger partial charge < -0.3 is 4.74 Å². The highest BCUT2D eigenvalue weighted by molar-refractivity contribution is 5.86. The summed E-state index contributed by atoms with van der Waals surface area (Å²) in [6, 6.07) is 9.66. The van der Waals surface area contributed by atoms with E-state index in [-0.39, 0.29) is 5.97 Å². The highest BCUT2D eigenvalue weighted by Gasteiger charge is 2.01. The van der Waals surface area contributed by atoms with Crippen LogP contribution in [-0.2, 0) is 9.53 Å². The topological polar surface area (TPSA) is 50.7 Å². The normalized spacial score (nSPS) is 11.0. The van der Waals surface area contributed by atoms with Gasteiger partial charge in [0.25, 0.3) is 0 Å². The molecule has 0 heterocycles. The first-order valence-electron chi connectivity index (χ1n) is 5.13. The molecule has 0 saturated heterocycles. The number of hydrazone groups is 1. The Morgan fingerprint density at radius 1 is 1.31 bits per heavy atom. The number of nitrogens with one attached hydrogen (secondary N) is 1. The number of carbonyl (C=O) groups excluding carboxylic acids is 1. The summed E-state index contributed by atoms with van der Waals surface area (Å²) in [7, 11) is 1.39. The molecule has 1 aromatic carbocycles. The smallest absolute Gasteiger partial charge is 0.305 e. The molecule has 0 saturated carbocycles. The van der Waals surface area contributed by atoms with Gasteiger partial charge in [-0.3, -0.25) is 10.2 Å². The molecule has 86 valence electrons. The predicted octanol–water partition coefficient (Wildman–Crippen LogP) is 2.43. The van der Waals surface area contributed by atoms with Gasteiger partial charge in [-0.25, -0.2) is 0 Å². The summed E-state index contributed by atoms with van der Waals surface area (Å²) < 4.78 is 4.55. The molecule has 4 nitrogen and oxygen atoms in total. The molecule has 4 heteroatoms. The zero-order valence-electron chi connectivity index (χ0n) is 9.56. The van der Waals surface area contributed by atoms with Crippen LogP contribution >= 0.6 is 0 Å². The number of nitrogens with zero attached hydrogens (tertiary/aromatic N) is 1. The number of esters is 1. The van der Waals surface area contributed by atoms with Crippen molar-refractivity contribution in [3.8, 4) is 0 Å². The van der Waals surface area contributed by atoms with Crippen LogP contribution in [-0.4, -0.2) is 18.8 Å². The van der Waals surface area contributed by atoms with E-state index in [1.54, 1.807) is 0 Å². The maximum atomic E-state index is 10.9. The van der Waals surface area contributed by atoms with E-state index in [0.717, 1.165) is 11.4 Å². The van der Waals surface area contributed by atoms with Gasteiger partial charge in [0.05, 0.1) is 19.2 Å². The van der Waals surface area contributed by atoms with Gasteiger partial charge in [0, 0.05) is 5.71 Å². The molecule has 0 spiro atoms. The Morgan fingerprint density at radius 3 is 2.62 bits per heavy atom. The Balaban J connectivity index is 2.37. The zero-order chi connectivity index (χ0) is 11.8. The van der Waals surface area contributed by atoms with Gasteiger partial charge in [-0.1, -0.05) is 18.2 Å². The SMILES string of the molecule is COC(=O)CCC(C)=NNc1ccccc1. The number of rotatable bonds is 5. The van der Waals surface area contributed by atoms with Crippen LogP contribution in [0.25, 0.3) is 0 Å².